The van der Waals surface area contributed by atoms with E-state index in [1.165, 1.54) is 11.2 Å². The Hall–Kier alpha value is -2.83. The van der Waals surface area contributed by atoms with E-state index in [1.807, 2.05) is 37.3 Å². The molecule has 2 N–H and O–H groups in total. The van der Waals surface area contributed by atoms with Gasteiger partial charge in [-0.1, -0.05) is 37.3 Å². The molecule has 0 aliphatic carbocycles. The SMILES string of the molecule is CC[C@H]1c2nc[nH]c2C[C@@H](C(=O)O)N1C(=O)OCc1ccccc1. The fraction of sp³-hybridized carbons (Fsp3) is 0.353. The number of hydrogen-bond donors (Lipinski definition) is 2. The molecule has 3 rings (SSSR count). The van der Waals surface area contributed by atoms with Crippen LogP contribution in [0, 0.1) is 0 Å². The van der Waals surface area contributed by atoms with Crippen molar-refractivity contribution in [3.05, 3.63) is 53.6 Å². The Morgan fingerprint density at radius 2 is 2.12 bits per heavy atom. The molecule has 1 aliphatic rings. The maximum absolute atomic E-state index is 12.6. The van der Waals surface area contributed by atoms with E-state index in [-0.39, 0.29) is 13.0 Å². The van der Waals surface area contributed by atoms with Crippen LogP contribution in [-0.2, 0) is 22.6 Å². The number of aliphatic carboxylic acids is 1. The standard InChI is InChI=1S/C17H19N3O4/c1-2-13-15-12(18-10-19-15)8-14(16(21)22)20(13)17(23)24-9-11-6-4-3-5-7-11/h3-7,10,13-14H,2,8-9H2,1H3,(H,18,19)(H,21,22)/t13-,14-/m0/s1. The van der Waals surface area contributed by atoms with Crippen molar-refractivity contribution in [2.45, 2.75) is 38.5 Å². The minimum absolute atomic E-state index is 0.104. The minimum Gasteiger partial charge on any atom is -0.480 e. The van der Waals surface area contributed by atoms with Gasteiger partial charge in [-0.15, -0.1) is 0 Å². The summed E-state index contributed by atoms with van der Waals surface area (Å²) in [4.78, 5) is 32.8. The zero-order chi connectivity index (χ0) is 17.1. The van der Waals surface area contributed by atoms with Crippen LogP contribution in [0.2, 0.25) is 0 Å². The lowest BCUT2D eigenvalue weighted by molar-refractivity contribution is -0.144. The van der Waals surface area contributed by atoms with Crippen molar-refractivity contribution in [2.75, 3.05) is 0 Å². The van der Waals surface area contributed by atoms with E-state index in [0.29, 0.717) is 12.1 Å². The number of carbonyl (C=O) groups excluding carboxylic acids is 1. The number of carboxylic acid groups (broad SMARTS) is 1. The molecule has 2 atom stereocenters. The van der Waals surface area contributed by atoms with Gasteiger partial charge in [0.15, 0.2) is 0 Å². The van der Waals surface area contributed by atoms with Crippen LogP contribution in [0.15, 0.2) is 36.7 Å². The van der Waals surface area contributed by atoms with Gasteiger partial charge in [0.2, 0.25) is 0 Å². The van der Waals surface area contributed by atoms with Crippen LogP contribution in [0.25, 0.3) is 0 Å². The van der Waals surface area contributed by atoms with Gasteiger partial charge < -0.3 is 14.8 Å². The van der Waals surface area contributed by atoms with Gasteiger partial charge in [-0.2, -0.15) is 0 Å². The zero-order valence-electron chi connectivity index (χ0n) is 13.3. The Morgan fingerprint density at radius 3 is 2.79 bits per heavy atom. The Morgan fingerprint density at radius 1 is 1.38 bits per heavy atom. The molecule has 0 spiro atoms. The Balaban J connectivity index is 1.82. The molecule has 1 amide bonds. The number of carbonyl (C=O) groups is 2. The first-order valence-corrected chi connectivity index (χ1v) is 7.85. The first kappa shape index (κ1) is 16.0. The number of hydrogen-bond acceptors (Lipinski definition) is 4. The average molecular weight is 329 g/mol. The van der Waals surface area contributed by atoms with E-state index in [0.717, 1.165) is 11.3 Å². The Kier molecular flexibility index (Phi) is 4.50. The topological polar surface area (TPSA) is 95.5 Å². The molecule has 0 fully saturated rings. The van der Waals surface area contributed by atoms with E-state index in [9.17, 15) is 14.7 Å². The van der Waals surface area contributed by atoms with E-state index in [4.69, 9.17) is 4.74 Å². The molecule has 24 heavy (non-hydrogen) atoms. The van der Waals surface area contributed by atoms with Gasteiger partial charge in [0.25, 0.3) is 0 Å². The third-order valence-electron chi connectivity index (χ3n) is 4.22. The van der Waals surface area contributed by atoms with Crippen molar-refractivity contribution in [1.82, 2.24) is 14.9 Å². The van der Waals surface area contributed by atoms with Crippen LogP contribution in [0.3, 0.4) is 0 Å². The maximum atomic E-state index is 12.6. The number of amides is 1. The zero-order valence-corrected chi connectivity index (χ0v) is 13.3. The molecule has 1 aromatic carbocycles. The van der Waals surface area contributed by atoms with Gasteiger partial charge >= 0.3 is 12.1 Å². The lowest BCUT2D eigenvalue weighted by Gasteiger charge is -2.38. The Labute approximate surface area is 139 Å². The summed E-state index contributed by atoms with van der Waals surface area (Å²) >= 11 is 0. The van der Waals surface area contributed by atoms with Gasteiger partial charge in [-0.3, -0.25) is 4.90 Å². The van der Waals surface area contributed by atoms with Crippen molar-refractivity contribution in [1.29, 1.82) is 0 Å². The molecule has 0 saturated carbocycles. The highest BCUT2D eigenvalue weighted by Crippen LogP contribution is 2.34. The van der Waals surface area contributed by atoms with Crippen LogP contribution >= 0.6 is 0 Å². The van der Waals surface area contributed by atoms with Crippen molar-refractivity contribution < 1.29 is 19.4 Å². The molecule has 1 aromatic heterocycles. The molecule has 2 aromatic rings. The third kappa shape index (κ3) is 2.97. The van der Waals surface area contributed by atoms with E-state index in [1.54, 1.807) is 0 Å². The third-order valence-corrected chi connectivity index (χ3v) is 4.22. The second-order valence-electron chi connectivity index (χ2n) is 5.70. The molecular formula is C17H19N3O4. The first-order valence-electron chi connectivity index (χ1n) is 7.85. The predicted octanol–water partition coefficient (Wildman–Crippen LogP) is 2.51. The van der Waals surface area contributed by atoms with Crippen LogP contribution in [-0.4, -0.2) is 38.1 Å². The highest BCUT2D eigenvalue weighted by molar-refractivity contribution is 5.81. The number of rotatable bonds is 4. The fourth-order valence-corrected chi connectivity index (χ4v) is 3.07. The number of aromatic amines is 1. The number of fused-ring (bicyclic) bond motifs is 1. The molecule has 0 saturated heterocycles. The monoisotopic (exact) mass is 329 g/mol. The van der Waals surface area contributed by atoms with Gasteiger partial charge in [0.1, 0.15) is 12.6 Å². The summed E-state index contributed by atoms with van der Waals surface area (Å²) in [5, 5.41) is 9.54. The summed E-state index contributed by atoms with van der Waals surface area (Å²) in [6.07, 6.45) is 1.65. The maximum Gasteiger partial charge on any atom is 0.411 e. The van der Waals surface area contributed by atoms with Gasteiger partial charge in [-0.25, -0.2) is 14.6 Å². The quantitative estimate of drug-likeness (QED) is 0.898. The summed E-state index contributed by atoms with van der Waals surface area (Å²) in [6, 6.07) is 7.91. The van der Waals surface area contributed by atoms with Crippen LogP contribution in [0.4, 0.5) is 4.79 Å². The second-order valence-corrected chi connectivity index (χ2v) is 5.70. The normalized spacial score (nSPS) is 19.6. The Bertz CT molecular complexity index is 728. The lowest BCUT2D eigenvalue weighted by atomic mass is 9.95. The summed E-state index contributed by atoms with van der Waals surface area (Å²) < 4.78 is 5.36. The smallest absolute Gasteiger partial charge is 0.411 e. The predicted molar refractivity (Wildman–Crippen MR) is 85.2 cm³/mol. The number of imidazole rings is 1. The molecule has 2 heterocycles. The first-order chi connectivity index (χ1) is 11.6. The van der Waals surface area contributed by atoms with Gasteiger partial charge in [0.05, 0.1) is 18.1 Å². The summed E-state index contributed by atoms with van der Waals surface area (Å²) in [7, 11) is 0. The summed E-state index contributed by atoms with van der Waals surface area (Å²) in [5.41, 5.74) is 2.33. The van der Waals surface area contributed by atoms with Crippen LogP contribution < -0.4 is 0 Å². The number of benzene rings is 1. The largest absolute Gasteiger partial charge is 0.480 e. The molecular weight excluding hydrogens is 310 g/mol. The van der Waals surface area contributed by atoms with E-state index < -0.39 is 24.1 Å². The number of aromatic nitrogens is 2. The number of ether oxygens (including phenoxy) is 1. The highest BCUT2D eigenvalue weighted by atomic mass is 16.6. The lowest BCUT2D eigenvalue weighted by Crippen LogP contribution is -2.51. The van der Waals surface area contributed by atoms with Crippen molar-refractivity contribution in [3.8, 4) is 0 Å². The molecule has 7 heteroatoms. The average Bonchev–Trinajstić information content (AvgIpc) is 3.07. The van der Waals surface area contributed by atoms with Crippen molar-refractivity contribution in [3.63, 3.8) is 0 Å². The summed E-state index contributed by atoms with van der Waals surface area (Å²) in [6.45, 7) is 2.00. The summed E-state index contributed by atoms with van der Waals surface area (Å²) in [5.74, 6) is -1.05. The van der Waals surface area contributed by atoms with E-state index >= 15 is 0 Å². The van der Waals surface area contributed by atoms with Gasteiger partial charge in [0, 0.05) is 12.1 Å². The number of nitrogens with zero attached hydrogens (tertiary/aromatic N) is 2. The fourth-order valence-electron chi connectivity index (χ4n) is 3.07. The molecule has 126 valence electrons. The minimum atomic E-state index is -1.05. The number of nitrogens with one attached hydrogen (secondary N) is 1. The molecule has 7 nitrogen and oxygen atoms in total. The van der Waals surface area contributed by atoms with Crippen molar-refractivity contribution >= 4 is 12.1 Å². The van der Waals surface area contributed by atoms with Crippen LogP contribution in [0.1, 0.15) is 36.3 Å². The van der Waals surface area contributed by atoms with Crippen LogP contribution in [0.5, 0.6) is 0 Å². The number of carboxylic acids is 1. The van der Waals surface area contributed by atoms with E-state index in [2.05, 4.69) is 9.97 Å². The molecule has 1 aliphatic heterocycles. The van der Waals surface area contributed by atoms with Crippen molar-refractivity contribution in [2.24, 2.45) is 0 Å². The molecule has 0 unspecified atom stereocenters. The molecule has 0 radical (unpaired) electrons. The molecule has 0 bridgehead atoms. The second kappa shape index (κ2) is 6.74. The van der Waals surface area contributed by atoms with Gasteiger partial charge in [-0.05, 0) is 12.0 Å². The number of H-pyrrole nitrogens is 1. The highest BCUT2D eigenvalue weighted by Gasteiger charge is 2.42.